The summed E-state index contributed by atoms with van der Waals surface area (Å²) in [5.41, 5.74) is 6.18. The molecule has 0 aromatic heterocycles. The Balaban J connectivity index is 2.18. The van der Waals surface area contributed by atoms with Crippen LogP contribution < -0.4 is 0 Å². The van der Waals surface area contributed by atoms with Crippen molar-refractivity contribution in [3.05, 3.63) is 46.6 Å². The fraction of sp³-hybridized carbons (Fsp3) is 0.400. The zero-order chi connectivity index (χ0) is 11.7. The Labute approximate surface area is 113 Å². The van der Waals surface area contributed by atoms with Crippen LogP contribution in [0.15, 0.2) is 46.6 Å². The molecule has 0 saturated carbocycles. The first kappa shape index (κ1) is 12.2. The molecule has 2 aliphatic rings. The van der Waals surface area contributed by atoms with Crippen LogP contribution in [-0.4, -0.2) is 3.21 Å². The molecule has 0 heterocycles. The van der Waals surface area contributed by atoms with Gasteiger partial charge in [-0.1, -0.05) is 0 Å². The zero-order valence-electron chi connectivity index (χ0n) is 10.3. The molecule has 2 rings (SSSR count). The third-order valence-corrected chi connectivity index (χ3v) is 5.46. The van der Waals surface area contributed by atoms with E-state index >= 15 is 0 Å². The summed E-state index contributed by atoms with van der Waals surface area (Å²) in [6.07, 6.45) is 11.4. The fourth-order valence-corrected chi connectivity index (χ4v) is 3.69. The van der Waals surface area contributed by atoms with Crippen molar-refractivity contribution < 1.29 is 24.2 Å². The standard InChI is InChI=1S/C15H18.Zr/c1-11-6-4-8-14(11)10-13(3)15-9-5-7-12(15)2;/h4-7,13H,8-9H2,1-3H3;. The van der Waals surface area contributed by atoms with E-state index in [0.29, 0.717) is 5.92 Å². The van der Waals surface area contributed by atoms with Gasteiger partial charge >= 0.3 is 114 Å². The Morgan fingerprint density at radius 2 is 1.75 bits per heavy atom. The number of rotatable bonds is 3. The summed E-state index contributed by atoms with van der Waals surface area (Å²) in [6, 6.07) is 0. The van der Waals surface area contributed by atoms with E-state index in [1.165, 1.54) is 11.1 Å². The monoisotopic (exact) mass is 288 g/mol. The normalized spacial score (nSPS) is 21.1. The molecule has 0 saturated heterocycles. The van der Waals surface area contributed by atoms with Gasteiger partial charge in [0.25, 0.3) is 0 Å². The summed E-state index contributed by atoms with van der Waals surface area (Å²) in [7, 11) is 0. The van der Waals surface area contributed by atoms with Crippen LogP contribution >= 0.6 is 0 Å². The molecule has 1 heteroatoms. The van der Waals surface area contributed by atoms with Crippen LogP contribution in [0.5, 0.6) is 0 Å². The van der Waals surface area contributed by atoms with Gasteiger partial charge < -0.3 is 0 Å². The van der Waals surface area contributed by atoms with Crippen LogP contribution in [0.3, 0.4) is 0 Å². The molecule has 2 aliphatic carbocycles. The molecule has 0 bridgehead atoms. The van der Waals surface area contributed by atoms with Crippen molar-refractivity contribution >= 4 is 3.21 Å². The van der Waals surface area contributed by atoms with E-state index in [1.54, 1.807) is 38.6 Å². The van der Waals surface area contributed by atoms with Crippen LogP contribution in [0.1, 0.15) is 33.6 Å². The molecular formula is C15H18Zr. The average molecular weight is 290 g/mol. The molecule has 0 fully saturated rings. The molecular weight excluding hydrogens is 271 g/mol. The van der Waals surface area contributed by atoms with Gasteiger partial charge in [0.05, 0.1) is 0 Å². The minimum atomic E-state index is 0.637. The second-order valence-electron chi connectivity index (χ2n) is 4.72. The summed E-state index contributed by atoms with van der Waals surface area (Å²) < 4.78 is 1.65. The molecule has 1 atom stereocenters. The zero-order valence-corrected chi connectivity index (χ0v) is 12.8. The van der Waals surface area contributed by atoms with E-state index in [4.69, 9.17) is 0 Å². The van der Waals surface area contributed by atoms with Gasteiger partial charge in [-0.25, -0.2) is 0 Å². The first-order valence-corrected chi connectivity index (χ1v) is 7.15. The van der Waals surface area contributed by atoms with Gasteiger partial charge in [0, 0.05) is 0 Å². The van der Waals surface area contributed by atoms with Crippen molar-refractivity contribution in [3.63, 3.8) is 0 Å². The maximum atomic E-state index is 2.37. The second kappa shape index (κ2) is 4.92. The third kappa shape index (κ3) is 2.20. The van der Waals surface area contributed by atoms with Crippen molar-refractivity contribution in [3.8, 4) is 0 Å². The Bertz CT molecular complexity index is 444. The summed E-state index contributed by atoms with van der Waals surface area (Å²) >= 11 is 1.58. The predicted octanol–water partition coefficient (Wildman–Crippen LogP) is 3.89. The number of hydrogen-bond acceptors (Lipinski definition) is 0. The quantitative estimate of drug-likeness (QED) is 0.739. The molecule has 0 spiro atoms. The van der Waals surface area contributed by atoms with Crippen molar-refractivity contribution in [1.29, 1.82) is 0 Å². The Kier molecular flexibility index (Phi) is 3.74. The van der Waals surface area contributed by atoms with Gasteiger partial charge in [0.1, 0.15) is 0 Å². The van der Waals surface area contributed by atoms with Crippen molar-refractivity contribution in [1.82, 2.24) is 0 Å². The van der Waals surface area contributed by atoms with E-state index < -0.39 is 0 Å². The molecule has 0 radical (unpaired) electrons. The summed E-state index contributed by atoms with van der Waals surface area (Å²) in [5.74, 6) is 0.637. The van der Waals surface area contributed by atoms with Crippen molar-refractivity contribution in [2.45, 2.75) is 33.6 Å². The van der Waals surface area contributed by atoms with Crippen molar-refractivity contribution in [2.75, 3.05) is 0 Å². The molecule has 0 N–H and O–H groups in total. The van der Waals surface area contributed by atoms with Gasteiger partial charge in [0.15, 0.2) is 0 Å². The van der Waals surface area contributed by atoms with E-state index in [1.807, 2.05) is 0 Å². The predicted molar refractivity (Wildman–Crippen MR) is 67.1 cm³/mol. The number of hydrogen-bond donors (Lipinski definition) is 0. The van der Waals surface area contributed by atoms with Crippen molar-refractivity contribution in [2.24, 2.45) is 5.92 Å². The molecule has 16 heavy (non-hydrogen) atoms. The van der Waals surface area contributed by atoms with Gasteiger partial charge in [0.2, 0.25) is 0 Å². The van der Waals surface area contributed by atoms with Gasteiger partial charge in [-0.05, 0) is 0 Å². The van der Waals surface area contributed by atoms with E-state index in [9.17, 15) is 0 Å². The summed E-state index contributed by atoms with van der Waals surface area (Å²) in [5, 5.41) is 0. The first-order chi connectivity index (χ1) is 7.61. The maximum absolute atomic E-state index is 2.37. The van der Waals surface area contributed by atoms with Crippen LogP contribution in [0.25, 0.3) is 0 Å². The average Bonchev–Trinajstić information content (AvgIpc) is 2.85. The van der Waals surface area contributed by atoms with Gasteiger partial charge in [-0.15, -0.1) is 0 Å². The van der Waals surface area contributed by atoms with E-state index in [0.717, 1.165) is 12.8 Å². The first-order valence-electron chi connectivity index (χ1n) is 5.92. The molecule has 0 nitrogen and oxygen atoms in total. The Morgan fingerprint density at radius 3 is 2.25 bits per heavy atom. The Hall–Kier alpha value is -0.287. The Morgan fingerprint density at radius 1 is 1.12 bits per heavy atom. The van der Waals surface area contributed by atoms with Crippen LogP contribution in [0.4, 0.5) is 0 Å². The topological polar surface area (TPSA) is 0 Å². The van der Waals surface area contributed by atoms with Gasteiger partial charge in [-0.3, -0.25) is 0 Å². The molecule has 0 amide bonds. The summed E-state index contributed by atoms with van der Waals surface area (Å²) in [6.45, 7) is 6.85. The summed E-state index contributed by atoms with van der Waals surface area (Å²) in [4.78, 5) is 0. The third-order valence-electron chi connectivity index (χ3n) is 3.66. The van der Waals surface area contributed by atoms with E-state index in [2.05, 4.69) is 45.1 Å². The van der Waals surface area contributed by atoms with Crippen LogP contribution in [0.2, 0.25) is 0 Å². The molecule has 0 aliphatic heterocycles. The number of allylic oxidation sites excluding steroid dienone is 8. The minimum absolute atomic E-state index is 0.637. The fourth-order valence-electron chi connectivity index (χ4n) is 2.52. The molecule has 0 aromatic carbocycles. The molecule has 1 unspecified atom stereocenters. The molecule has 82 valence electrons. The van der Waals surface area contributed by atoms with Gasteiger partial charge in [-0.2, -0.15) is 0 Å². The van der Waals surface area contributed by atoms with E-state index in [-0.39, 0.29) is 0 Å². The second-order valence-corrected chi connectivity index (χ2v) is 6.04. The van der Waals surface area contributed by atoms with Crippen LogP contribution in [0, 0.1) is 5.92 Å². The van der Waals surface area contributed by atoms with Crippen LogP contribution in [-0.2, 0) is 24.2 Å². The molecule has 0 aromatic rings. The SMILES string of the molecule is CC1=C([C](=[Zr])C(C)C2=C(C)C=CC2)CC=C1.